The number of oxazole rings is 1. The van der Waals surface area contributed by atoms with E-state index < -0.39 is 30.9 Å². The van der Waals surface area contributed by atoms with Gasteiger partial charge in [0, 0.05) is 12.6 Å². The van der Waals surface area contributed by atoms with E-state index in [-0.39, 0.29) is 21.2 Å². The summed E-state index contributed by atoms with van der Waals surface area (Å²) in [5.74, 6) is -0.696. The molecule has 0 spiro atoms. The van der Waals surface area contributed by atoms with Crippen molar-refractivity contribution < 1.29 is 21.3 Å². The van der Waals surface area contributed by atoms with Crippen molar-refractivity contribution >= 4 is 42.3 Å². The number of rotatable bonds is 7. The smallest absolute Gasteiger partial charge is 0.408 e. The van der Waals surface area contributed by atoms with E-state index in [4.69, 9.17) is 4.42 Å². The summed E-state index contributed by atoms with van der Waals surface area (Å²) in [6.07, 6.45) is 0. The summed E-state index contributed by atoms with van der Waals surface area (Å²) in [6.45, 7) is -0.359. The maximum absolute atomic E-state index is 13.1. The largest absolute Gasteiger partial charge is 0.417 e. The topological polar surface area (TPSA) is 126 Å². The molecular weight excluding hydrogens is 448 g/mol. The van der Waals surface area contributed by atoms with Crippen LogP contribution in [-0.4, -0.2) is 28.4 Å². The molecule has 2 N–H and O–H groups in total. The zero-order valence-electron chi connectivity index (χ0n) is 15.3. The van der Waals surface area contributed by atoms with Gasteiger partial charge in [0.25, 0.3) is 0 Å². The second-order valence-corrected chi connectivity index (χ2v) is 11.5. The lowest BCUT2D eigenvalue weighted by atomic mass is 10.1. The fourth-order valence-electron chi connectivity index (χ4n) is 3.00. The molecule has 0 fully saturated rings. The van der Waals surface area contributed by atoms with Crippen LogP contribution in [0, 0.1) is 0 Å². The monoisotopic (exact) mass is 464 g/mol. The van der Waals surface area contributed by atoms with Gasteiger partial charge in [-0.05, 0) is 29.1 Å². The van der Waals surface area contributed by atoms with Gasteiger partial charge in [0.15, 0.2) is 15.4 Å². The van der Waals surface area contributed by atoms with Gasteiger partial charge in [-0.15, -0.1) is 11.3 Å². The number of H-pyrrole nitrogens is 1. The van der Waals surface area contributed by atoms with E-state index in [0.717, 1.165) is 11.3 Å². The molecule has 2 aromatic heterocycles. The molecule has 0 saturated heterocycles. The number of fused-ring (bicyclic) bond motifs is 1. The molecule has 0 aliphatic rings. The molecule has 1 unspecified atom stereocenters. The first kappa shape index (κ1) is 20.5. The number of aromatic nitrogens is 1. The van der Waals surface area contributed by atoms with Crippen LogP contribution in [0.2, 0.25) is 0 Å². The molecule has 0 aliphatic carbocycles. The Morgan fingerprint density at radius 3 is 2.47 bits per heavy atom. The highest BCUT2D eigenvalue weighted by molar-refractivity contribution is 7.93. The number of sulfone groups is 1. The van der Waals surface area contributed by atoms with Crippen LogP contribution in [0.3, 0.4) is 0 Å². The van der Waals surface area contributed by atoms with Crippen LogP contribution in [0.5, 0.6) is 0 Å². The summed E-state index contributed by atoms with van der Waals surface area (Å²) >= 11 is 1.08. The van der Waals surface area contributed by atoms with Crippen LogP contribution in [0.4, 0.5) is 0 Å². The maximum atomic E-state index is 13.1. The lowest BCUT2D eigenvalue weighted by Crippen LogP contribution is -2.31. The van der Waals surface area contributed by atoms with Gasteiger partial charge in [-0.1, -0.05) is 36.4 Å². The van der Waals surface area contributed by atoms with Gasteiger partial charge < -0.3 is 4.42 Å². The second kappa shape index (κ2) is 7.84. The summed E-state index contributed by atoms with van der Waals surface area (Å²) in [6, 6.07) is 15.5. The zero-order chi connectivity index (χ0) is 21.4. The summed E-state index contributed by atoms with van der Waals surface area (Å²) in [5.41, 5.74) is 0.927. The number of aromatic amines is 1. The SMILES string of the molecule is O=c1[nH]c2ccc(S(=O)(=O)NCC(c3ccccc3)S(=O)(=O)c3cccs3)cc2o1. The van der Waals surface area contributed by atoms with Gasteiger partial charge >= 0.3 is 5.76 Å². The molecule has 156 valence electrons. The molecule has 4 rings (SSSR count). The van der Waals surface area contributed by atoms with Crippen LogP contribution in [0.1, 0.15) is 10.8 Å². The third-order valence-electron chi connectivity index (χ3n) is 4.48. The number of hydrogen-bond donors (Lipinski definition) is 2. The molecule has 8 nitrogen and oxygen atoms in total. The first-order valence-corrected chi connectivity index (χ1v) is 12.6. The van der Waals surface area contributed by atoms with Crippen LogP contribution in [-0.2, 0) is 19.9 Å². The zero-order valence-corrected chi connectivity index (χ0v) is 17.8. The summed E-state index contributed by atoms with van der Waals surface area (Å²) in [4.78, 5) is 13.6. The Morgan fingerprint density at radius 1 is 1.00 bits per heavy atom. The van der Waals surface area contributed by atoms with Crippen molar-refractivity contribution in [3.05, 3.63) is 82.2 Å². The number of nitrogens with one attached hydrogen (secondary N) is 2. The Labute approximate surface area is 176 Å². The predicted octanol–water partition coefficient (Wildman–Crippen LogP) is 2.68. The number of hydrogen-bond acceptors (Lipinski definition) is 7. The van der Waals surface area contributed by atoms with E-state index >= 15 is 0 Å². The van der Waals surface area contributed by atoms with Crippen LogP contribution in [0.25, 0.3) is 11.1 Å². The Kier molecular flexibility index (Phi) is 5.36. The van der Waals surface area contributed by atoms with E-state index in [2.05, 4.69) is 9.71 Å². The highest BCUT2D eigenvalue weighted by Gasteiger charge is 2.31. The molecule has 2 heterocycles. The van der Waals surface area contributed by atoms with Crippen molar-refractivity contribution in [2.45, 2.75) is 14.4 Å². The summed E-state index contributed by atoms with van der Waals surface area (Å²) in [7, 11) is -7.88. The number of benzene rings is 2. The maximum Gasteiger partial charge on any atom is 0.417 e. The highest BCUT2D eigenvalue weighted by atomic mass is 32.2. The first-order chi connectivity index (χ1) is 14.3. The molecule has 11 heteroatoms. The quantitative estimate of drug-likeness (QED) is 0.433. The fourth-order valence-corrected chi connectivity index (χ4v) is 7.04. The Hall–Kier alpha value is -2.73. The van der Waals surface area contributed by atoms with E-state index in [9.17, 15) is 21.6 Å². The third-order valence-corrected chi connectivity index (χ3v) is 9.44. The van der Waals surface area contributed by atoms with E-state index in [1.165, 1.54) is 24.3 Å². The summed E-state index contributed by atoms with van der Waals surface area (Å²) in [5, 5.41) is 0.542. The normalized spacial score (nSPS) is 13.5. The molecule has 30 heavy (non-hydrogen) atoms. The van der Waals surface area contributed by atoms with Gasteiger partial charge in [0.1, 0.15) is 9.46 Å². The van der Waals surface area contributed by atoms with E-state index in [0.29, 0.717) is 11.1 Å². The number of sulfonamides is 1. The molecule has 1 atom stereocenters. The van der Waals surface area contributed by atoms with Crippen molar-refractivity contribution in [1.82, 2.24) is 9.71 Å². The summed E-state index contributed by atoms with van der Waals surface area (Å²) < 4.78 is 59.3. The Morgan fingerprint density at radius 2 is 1.77 bits per heavy atom. The van der Waals surface area contributed by atoms with Crippen LogP contribution >= 0.6 is 11.3 Å². The molecule has 0 radical (unpaired) electrons. The van der Waals surface area contributed by atoms with Gasteiger partial charge in [0.2, 0.25) is 10.0 Å². The minimum absolute atomic E-state index is 0.0914. The first-order valence-electron chi connectivity index (χ1n) is 8.72. The highest BCUT2D eigenvalue weighted by Crippen LogP contribution is 2.31. The molecular formula is C19H16N2O6S3. The van der Waals surface area contributed by atoms with Gasteiger partial charge in [-0.2, -0.15) is 0 Å². The van der Waals surface area contributed by atoms with Crippen molar-refractivity contribution in [2.24, 2.45) is 0 Å². The van der Waals surface area contributed by atoms with E-state index in [1.807, 2.05) is 0 Å². The minimum Gasteiger partial charge on any atom is -0.408 e. The fraction of sp³-hybridized carbons (Fsp3) is 0.105. The Balaban J connectivity index is 1.67. The molecule has 2 aromatic carbocycles. The average molecular weight is 465 g/mol. The molecule has 0 saturated carbocycles. The molecule has 0 aliphatic heterocycles. The standard InChI is InChI=1S/C19H16N2O6S3/c22-19-21-15-9-8-14(11-16(15)27-19)30(25,26)20-12-17(13-5-2-1-3-6-13)29(23,24)18-7-4-10-28-18/h1-11,17,20H,12H2,(H,21,22). The minimum atomic E-state index is -4.06. The average Bonchev–Trinajstić information content (AvgIpc) is 3.37. The van der Waals surface area contributed by atoms with Crippen LogP contribution in [0.15, 0.2) is 84.4 Å². The molecule has 4 aromatic rings. The Bertz CT molecular complexity index is 1440. The lowest BCUT2D eigenvalue weighted by Gasteiger charge is -2.18. The van der Waals surface area contributed by atoms with Crippen molar-refractivity contribution in [2.75, 3.05) is 6.54 Å². The van der Waals surface area contributed by atoms with Crippen molar-refractivity contribution in [1.29, 1.82) is 0 Å². The van der Waals surface area contributed by atoms with Gasteiger partial charge in [0.05, 0.1) is 10.4 Å². The molecule has 0 amide bonds. The van der Waals surface area contributed by atoms with Gasteiger partial charge in [-0.25, -0.2) is 26.4 Å². The second-order valence-electron chi connectivity index (χ2n) is 6.40. The van der Waals surface area contributed by atoms with E-state index in [1.54, 1.807) is 41.8 Å². The van der Waals surface area contributed by atoms with Crippen molar-refractivity contribution in [3.63, 3.8) is 0 Å². The van der Waals surface area contributed by atoms with Crippen molar-refractivity contribution in [3.8, 4) is 0 Å². The van der Waals surface area contributed by atoms with Gasteiger partial charge in [-0.3, -0.25) is 4.98 Å². The third kappa shape index (κ3) is 3.97. The predicted molar refractivity (Wildman–Crippen MR) is 113 cm³/mol. The molecule has 0 bridgehead atoms. The lowest BCUT2D eigenvalue weighted by molar-refractivity contribution is 0.553. The number of thiophene rings is 1. The van der Waals surface area contributed by atoms with Crippen LogP contribution < -0.4 is 10.5 Å².